The fraction of sp³-hybridized carbons (Fsp3) is 0.333. The second kappa shape index (κ2) is 5.77. The van der Waals surface area contributed by atoms with Crippen LogP contribution in [0.3, 0.4) is 0 Å². The van der Waals surface area contributed by atoms with Gasteiger partial charge in [0.15, 0.2) is 0 Å². The van der Waals surface area contributed by atoms with Crippen molar-refractivity contribution >= 4 is 11.6 Å². The highest BCUT2D eigenvalue weighted by molar-refractivity contribution is 6.00. The van der Waals surface area contributed by atoms with Crippen LogP contribution in [0.25, 0.3) is 0 Å². The van der Waals surface area contributed by atoms with Gasteiger partial charge in [0.25, 0.3) is 5.91 Å². The molecule has 5 heteroatoms. The summed E-state index contributed by atoms with van der Waals surface area (Å²) in [5.74, 6) is -0.0173. The summed E-state index contributed by atoms with van der Waals surface area (Å²) in [5.41, 5.74) is 2.98. The van der Waals surface area contributed by atoms with Crippen molar-refractivity contribution in [3.05, 3.63) is 48.0 Å². The predicted molar refractivity (Wildman–Crippen MR) is 77.8 cm³/mol. The smallest absolute Gasteiger partial charge is 0.253 e. The first-order valence-electron chi connectivity index (χ1n) is 6.94. The molecule has 2 N–H and O–H groups in total. The van der Waals surface area contributed by atoms with E-state index in [-0.39, 0.29) is 5.91 Å². The summed E-state index contributed by atoms with van der Waals surface area (Å²) in [6, 6.07) is 5.92. The van der Waals surface area contributed by atoms with E-state index in [2.05, 4.69) is 21.7 Å². The Morgan fingerprint density at radius 1 is 1.45 bits per heavy atom. The average molecular weight is 270 g/mol. The molecule has 3 rings (SSSR count). The molecule has 0 unspecified atom stereocenters. The fourth-order valence-electron chi connectivity index (χ4n) is 2.51. The van der Waals surface area contributed by atoms with Crippen LogP contribution in [0.4, 0.5) is 5.69 Å². The van der Waals surface area contributed by atoms with Crippen LogP contribution in [-0.4, -0.2) is 28.5 Å². The van der Waals surface area contributed by atoms with Crippen molar-refractivity contribution < 1.29 is 4.79 Å². The van der Waals surface area contributed by atoms with E-state index >= 15 is 0 Å². The number of nitrogens with zero attached hydrogens (tertiary/aromatic N) is 2. The van der Waals surface area contributed by atoms with E-state index in [9.17, 15) is 4.79 Å². The molecule has 1 aromatic heterocycles. The van der Waals surface area contributed by atoms with Crippen molar-refractivity contribution in [2.45, 2.75) is 19.4 Å². The third-order valence-electron chi connectivity index (χ3n) is 3.53. The lowest BCUT2D eigenvalue weighted by atomic mass is 9.99. The molecule has 0 saturated heterocycles. The number of rotatable bonds is 4. The fourth-order valence-corrected chi connectivity index (χ4v) is 2.51. The Labute approximate surface area is 118 Å². The number of imidazole rings is 1. The van der Waals surface area contributed by atoms with Crippen molar-refractivity contribution in [1.82, 2.24) is 14.9 Å². The van der Waals surface area contributed by atoms with Gasteiger partial charge in [0.1, 0.15) is 0 Å². The molecule has 20 heavy (non-hydrogen) atoms. The average Bonchev–Trinajstić information content (AvgIpc) is 3.00. The number of anilines is 1. The van der Waals surface area contributed by atoms with Gasteiger partial charge in [0, 0.05) is 32.0 Å². The number of aromatic nitrogens is 2. The lowest BCUT2D eigenvalue weighted by Crippen LogP contribution is -2.28. The van der Waals surface area contributed by atoms with Crippen molar-refractivity contribution in [3.63, 3.8) is 0 Å². The topological polar surface area (TPSA) is 59.0 Å². The highest BCUT2D eigenvalue weighted by atomic mass is 16.1. The molecule has 0 saturated carbocycles. The second-order valence-corrected chi connectivity index (χ2v) is 4.93. The van der Waals surface area contributed by atoms with Gasteiger partial charge in [-0.1, -0.05) is 12.1 Å². The number of hydrogen-bond donors (Lipinski definition) is 2. The third kappa shape index (κ3) is 2.66. The number of aryl methyl sites for hydroxylation is 1. The molecular formula is C15H18N4O. The van der Waals surface area contributed by atoms with E-state index in [0.29, 0.717) is 6.54 Å². The summed E-state index contributed by atoms with van der Waals surface area (Å²) >= 11 is 0. The zero-order valence-electron chi connectivity index (χ0n) is 11.3. The zero-order valence-corrected chi connectivity index (χ0v) is 11.3. The molecule has 1 amide bonds. The maximum Gasteiger partial charge on any atom is 0.253 e. The number of carbonyl (C=O) groups is 1. The van der Waals surface area contributed by atoms with E-state index in [1.54, 1.807) is 12.5 Å². The normalized spacial score (nSPS) is 13.4. The first-order valence-corrected chi connectivity index (χ1v) is 6.94. The first kappa shape index (κ1) is 12.7. The summed E-state index contributed by atoms with van der Waals surface area (Å²) in [5, 5.41) is 6.30. The molecule has 1 aliphatic heterocycles. The standard InChI is InChI=1S/C15H18N4O/c20-15(18-8-10-19-9-7-16-11-19)13-5-1-3-12-4-2-6-17-14(12)13/h1,3,5,7,9,11,17H,2,4,6,8,10H2,(H,18,20). The Balaban J connectivity index is 1.65. The Kier molecular flexibility index (Phi) is 3.67. The second-order valence-electron chi connectivity index (χ2n) is 4.93. The van der Waals surface area contributed by atoms with E-state index < -0.39 is 0 Å². The van der Waals surface area contributed by atoms with Gasteiger partial charge in [-0.2, -0.15) is 0 Å². The van der Waals surface area contributed by atoms with Crippen molar-refractivity contribution in [2.75, 3.05) is 18.4 Å². The molecule has 0 radical (unpaired) electrons. The quantitative estimate of drug-likeness (QED) is 0.888. The SMILES string of the molecule is O=C(NCCn1ccnc1)c1cccc2c1NCCC2. The first-order chi connectivity index (χ1) is 9.84. The highest BCUT2D eigenvalue weighted by Gasteiger charge is 2.16. The summed E-state index contributed by atoms with van der Waals surface area (Å²) < 4.78 is 1.94. The molecule has 0 bridgehead atoms. The van der Waals surface area contributed by atoms with Crippen LogP contribution in [0, 0.1) is 0 Å². The van der Waals surface area contributed by atoms with Gasteiger partial charge in [-0.15, -0.1) is 0 Å². The Morgan fingerprint density at radius 2 is 2.40 bits per heavy atom. The molecule has 1 aliphatic rings. The molecule has 0 spiro atoms. The number of amides is 1. The number of carbonyl (C=O) groups excluding carboxylic acids is 1. The minimum absolute atomic E-state index is 0.0173. The van der Waals surface area contributed by atoms with Crippen LogP contribution >= 0.6 is 0 Å². The predicted octanol–water partition coefficient (Wildman–Crippen LogP) is 1.67. The van der Waals surface area contributed by atoms with Crippen molar-refractivity contribution in [1.29, 1.82) is 0 Å². The minimum atomic E-state index is -0.0173. The van der Waals surface area contributed by atoms with Gasteiger partial charge in [-0.05, 0) is 24.5 Å². The molecule has 0 atom stereocenters. The van der Waals surface area contributed by atoms with Crippen LogP contribution in [0.5, 0.6) is 0 Å². The largest absolute Gasteiger partial charge is 0.384 e. The van der Waals surface area contributed by atoms with Gasteiger partial charge in [-0.3, -0.25) is 4.79 Å². The molecular weight excluding hydrogens is 252 g/mol. The monoisotopic (exact) mass is 270 g/mol. The lowest BCUT2D eigenvalue weighted by molar-refractivity contribution is 0.0953. The summed E-state index contributed by atoms with van der Waals surface area (Å²) in [4.78, 5) is 16.2. The highest BCUT2D eigenvalue weighted by Crippen LogP contribution is 2.25. The molecule has 0 fully saturated rings. The molecule has 1 aromatic carbocycles. The van der Waals surface area contributed by atoms with Crippen LogP contribution in [-0.2, 0) is 13.0 Å². The van der Waals surface area contributed by atoms with Gasteiger partial charge >= 0.3 is 0 Å². The Bertz CT molecular complexity index is 592. The molecule has 5 nitrogen and oxygen atoms in total. The third-order valence-corrected chi connectivity index (χ3v) is 3.53. The van der Waals surface area contributed by atoms with Gasteiger partial charge < -0.3 is 15.2 Å². The van der Waals surface area contributed by atoms with E-state index in [1.807, 2.05) is 22.9 Å². The number of hydrogen-bond acceptors (Lipinski definition) is 3. The molecule has 104 valence electrons. The zero-order chi connectivity index (χ0) is 13.8. The summed E-state index contributed by atoms with van der Waals surface area (Å²) in [6.07, 6.45) is 7.53. The molecule has 2 aromatic rings. The van der Waals surface area contributed by atoms with E-state index in [1.165, 1.54) is 5.56 Å². The number of para-hydroxylation sites is 1. The number of nitrogens with one attached hydrogen (secondary N) is 2. The molecule has 0 aliphatic carbocycles. The maximum atomic E-state index is 12.3. The van der Waals surface area contributed by atoms with E-state index in [4.69, 9.17) is 0 Å². The van der Waals surface area contributed by atoms with Crippen LogP contribution in [0.15, 0.2) is 36.9 Å². The Morgan fingerprint density at radius 3 is 3.25 bits per heavy atom. The van der Waals surface area contributed by atoms with Crippen molar-refractivity contribution in [3.8, 4) is 0 Å². The van der Waals surface area contributed by atoms with Gasteiger partial charge in [0.2, 0.25) is 0 Å². The van der Waals surface area contributed by atoms with Gasteiger partial charge in [0.05, 0.1) is 17.6 Å². The Hall–Kier alpha value is -2.30. The maximum absolute atomic E-state index is 12.3. The minimum Gasteiger partial charge on any atom is -0.384 e. The van der Waals surface area contributed by atoms with Crippen LogP contribution < -0.4 is 10.6 Å². The van der Waals surface area contributed by atoms with Crippen LogP contribution in [0.2, 0.25) is 0 Å². The number of benzene rings is 1. The summed E-state index contributed by atoms with van der Waals surface area (Å²) in [7, 11) is 0. The molecule has 2 heterocycles. The number of fused-ring (bicyclic) bond motifs is 1. The van der Waals surface area contributed by atoms with E-state index in [0.717, 1.165) is 37.2 Å². The van der Waals surface area contributed by atoms with Crippen LogP contribution in [0.1, 0.15) is 22.3 Å². The van der Waals surface area contributed by atoms with Crippen molar-refractivity contribution in [2.24, 2.45) is 0 Å². The lowest BCUT2D eigenvalue weighted by Gasteiger charge is -2.20. The van der Waals surface area contributed by atoms with Gasteiger partial charge in [-0.25, -0.2) is 4.98 Å². The summed E-state index contributed by atoms with van der Waals surface area (Å²) in [6.45, 7) is 2.26.